The number of fused-ring (bicyclic) bond motifs is 1. The molecule has 0 saturated carbocycles. The first-order valence-electron chi connectivity index (χ1n) is 6.43. The maximum absolute atomic E-state index is 10.9. The van der Waals surface area contributed by atoms with Gasteiger partial charge in [-0.1, -0.05) is 17.7 Å². The summed E-state index contributed by atoms with van der Waals surface area (Å²) in [5.41, 5.74) is 8.22. The molecule has 3 rings (SSSR count). The van der Waals surface area contributed by atoms with Gasteiger partial charge in [0.15, 0.2) is 0 Å². The highest BCUT2D eigenvalue weighted by atomic mass is 35.5. The topological polar surface area (TPSA) is 92.3 Å². The Morgan fingerprint density at radius 3 is 2.90 bits per heavy atom. The first kappa shape index (κ1) is 13.6. The molecule has 0 saturated heterocycles. The second kappa shape index (κ2) is 5.21. The number of benzene rings is 1. The van der Waals surface area contributed by atoms with Crippen LogP contribution >= 0.6 is 11.6 Å². The van der Waals surface area contributed by atoms with E-state index < -0.39 is 6.09 Å². The smallest absolute Gasteiger partial charge is 0.407 e. The Morgan fingerprint density at radius 2 is 2.24 bits per heavy atom. The molecule has 1 aromatic heterocycles. The highest BCUT2D eigenvalue weighted by Gasteiger charge is 2.18. The minimum atomic E-state index is -0.907. The average Bonchev–Trinajstić information content (AvgIpc) is 2.47. The van der Waals surface area contributed by atoms with Crippen LogP contribution in [0.15, 0.2) is 24.4 Å². The van der Waals surface area contributed by atoms with Crippen molar-refractivity contribution in [3.05, 3.63) is 35.0 Å². The fourth-order valence-electron chi connectivity index (χ4n) is 2.40. The Kier molecular flexibility index (Phi) is 3.39. The van der Waals surface area contributed by atoms with E-state index in [9.17, 15) is 4.79 Å². The summed E-state index contributed by atoms with van der Waals surface area (Å²) in [5, 5.41) is 10.4. The molecule has 21 heavy (non-hydrogen) atoms. The van der Waals surface area contributed by atoms with Gasteiger partial charge in [0.25, 0.3) is 0 Å². The van der Waals surface area contributed by atoms with Gasteiger partial charge in [-0.05, 0) is 29.7 Å². The molecule has 0 atom stereocenters. The third-order valence-electron chi connectivity index (χ3n) is 3.51. The molecule has 3 N–H and O–H groups in total. The second-order valence-electron chi connectivity index (χ2n) is 4.83. The molecule has 0 aliphatic carbocycles. The molecule has 1 aromatic carbocycles. The fourth-order valence-corrected chi connectivity index (χ4v) is 2.69. The lowest BCUT2D eigenvalue weighted by molar-refractivity contribution is 0.150. The van der Waals surface area contributed by atoms with Crippen LogP contribution in [0.1, 0.15) is 12.0 Å². The van der Waals surface area contributed by atoms with Crippen molar-refractivity contribution in [2.24, 2.45) is 0 Å². The summed E-state index contributed by atoms with van der Waals surface area (Å²) >= 11 is 6.32. The van der Waals surface area contributed by atoms with Crippen LogP contribution in [0.2, 0.25) is 5.02 Å². The van der Waals surface area contributed by atoms with Crippen molar-refractivity contribution in [1.82, 2.24) is 14.9 Å². The van der Waals surface area contributed by atoms with Gasteiger partial charge in [-0.25, -0.2) is 14.8 Å². The van der Waals surface area contributed by atoms with Crippen molar-refractivity contribution < 1.29 is 9.90 Å². The van der Waals surface area contributed by atoms with Crippen LogP contribution in [0, 0.1) is 0 Å². The van der Waals surface area contributed by atoms with Gasteiger partial charge < -0.3 is 15.7 Å². The number of halogens is 1. The highest BCUT2D eigenvalue weighted by Crippen LogP contribution is 2.31. The highest BCUT2D eigenvalue weighted by molar-refractivity contribution is 6.33. The van der Waals surface area contributed by atoms with Crippen LogP contribution in [0.4, 0.5) is 10.7 Å². The van der Waals surface area contributed by atoms with E-state index in [4.69, 9.17) is 22.4 Å². The minimum Gasteiger partial charge on any atom is -0.465 e. The van der Waals surface area contributed by atoms with Gasteiger partial charge in [0.1, 0.15) is 0 Å². The molecule has 0 fully saturated rings. The molecule has 1 aliphatic rings. The third-order valence-corrected chi connectivity index (χ3v) is 3.83. The molecular weight excluding hydrogens is 292 g/mol. The van der Waals surface area contributed by atoms with E-state index in [0.717, 1.165) is 22.0 Å². The summed E-state index contributed by atoms with van der Waals surface area (Å²) in [5.74, 6) is 0.213. The lowest BCUT2D eigenvalue weighted by Crippen LogP contribution is -2.33. The maximum Gasteiger partial charge on any atom is 0.407 e. The number of hydrogen-bond donors (Lipinski definition) is 2. The Morgan fingerprint density at radius 1 is 1.43 bits per heavy atom. The number of amides is 1. The third kappa shape index (κ3) is 2.62. The Bertz CT molecular complexity index is 760. The fraction of sp³-hybridized carbons (Fsp3) is 0.214. The van der Waals surface area contributed by atoms with Crippen molar-refractivity contribution in [2.75, 3.05) is 18.8 Å². The number of nitrogens with zero attached hydrogens (tertiary/aromatic N) is 3. The summed E-state index contributed by atoms with van der Waals surface area (Å²) in [4.78, 5) is 20.4. The standard InChI is InChI=1S/C14H13ClN4O2/c15-11-5-9-7-17-13(16)18-12(9)6-10(11)8-1-3-19(4-2-8)14(20)21/h1,5-7H,2-4H2,(H,20,21)(H2,16,17,18). The molecule has 7 heteroatoms. The number of rotatable bonds is 1. The summed E-state index contributed by atoms with van der Waals surface area (Å²) in [6, 6.07) is 3.67. The van der Waals surface area contributed by atoms with Crippen LogP contribution < -0.4 is 5.73 Å². The Labute approximate surface area is 125 Å². The summed E-state index contributed by atoms with van der Waals surface area (Å²) in [7, 11) is 0. The lowest BCUT2D eigenvalue weighted by Gasteiger charge is -2.24. The van der Waals surface area contributed by atoms with Gasteiger partial charge in [0.2, 0.25) is 5.95 Å². The zero-order valence-electron chi connectivity index (χ0n) is 11.1. The molecule has 1 aliphatic heterocycles. The predicted molar refractivity (Wildman–Crippen MR) is 81.2 cm³/mol. The lowest BCUT2D eigenvalue weighted by atomic mass is 9.98. The van der Waals surface area contributed by atoms with Crippen molar-refractivity contribution >= 4 is 40.1 Å². The molecule has 1 amide bonds. The van der Waals surface area contributed by atoms with E-state index in [-0.39, 0.29) is 5.95 Å². The largest absolute Gasteiger partial charge is 0.465 e. The van der Waals surface area contributed by atoms with E-state index in [1.54, 1.807) is 12.3 Å². The number of carboxylic acid groups (broad SMARTS) is 1. The van der Waals surface area contributed by atoms with Crippen LogP contribution in [0.5, 0.6) is 0 Å². The number of anilines is 1. The number of nitrogen functional groups attached to an aromatic ring is 1. The van der Waals surface area contributed by atoms with Crippen molar-refractivity contribution in [3.8, 4) is 0 Å². The van der Waals surface area contributed by atoms with Gasteiger partial charge in [-0.3, -0.25) is 0 Å². The Balaban J connectivity index is 2.01. The molecule has 6 nitrogen and oxygen atoms in total. The molecule has 2 aromatic rings. The zero-order chi connectivity index (χ0) is 15.0. The molecule has 0 spiro atoms. The monoisotopic (exact) mass is 304 g/mol. The van der Waals surface area contributed by atoms with E-state index in [1.165, 1.54) is 4.90 Å². The molecule has 0 radical (unpaired) electrons. The van der Waals surface area contributed by atoms with Crippen molar-refractivity contribution in [2.45, 2.75) is 6.42 Å². The van der Waals surface area contributed by atoms with Crippen LogP contribution in [0.25, 0.3) is 16.5 Å². The average molecular weight is 305 g/mol. The van der Waals surface area contributed by atoms with E-state index >= 15 is 0 Å². The maximum atomic E-state index is 10.9. The van der Waals surface area contributed by atoms with E-state index in [2.05, 4.69) is 9.97 Å². The van der Waals surface area contributed by atoms with Gasteiger partial charge in [0, 0.05) is 29.7 Å². The van der Waals surface area contributed by atoms with Crippen LogP contribution in [-0.2, 0) is 0 Å². The first-order valence-corrected chi connectivity index (χ1v) is 6.81. The quantitative estimate of drug-likeness (QED) is 0.845. The number of carbonyl (C=O) groups is 1. The van der Waals surface area contributed by atoms with Gasteiger partial charge in [-0.2, -0.15) is 0 Å². The van der Waals surface area contributed by atoms with Crippen LogP contribution in [-0.4, -0.2) is 39.2 Å². The van der Waals surface area contributed by atoms with Crippen molar-refractivity contribution in [1.29, 1.82) is 0 Å². The SMILES string of the molecule is Nc1ncc2cc(Cl)c(C3=CCN(C(=O)O)CC3)cc2n1. The number of aromatic nitrogens is 2. The van der Waals surface area contributed by atoms with E-state index in [1.807, 2.05) is 12.1 Å². The molecular formula is C14H13ClN4O2. The normalized spacial score (nSPS) is 15.1. The van der Waals surface area contributed by atoms with Crippen molar-refractivity contribution in [3.63, 3.8) is 0 Å². The molecule has 2 heterocycles. The summed E-state index contributed by atoms with van der Waals surface area (Å²) in [6.45, 7) is 0.826. The Hall–Kier alpha value is -2.34. The minimum absolute atomic E-state index is 0.213. The summed E-state index contributed by atoms with van der Waals surface area (Å²) < 4.78 is 0. The second-order valence-corrected chi connectivity index (χ2v) is 5.23. The van der Waals surface area contributed by atoms with Gasteiger partial charge >= 0.3 is 6.09 Å². The summed E-state index contributed by atoms with van der Waals surface area (Å²) in [6.07, 6.45) is 3.23. The predicted octanol–water partition coefficient (Wildman–Crippen LogP) is 2.63. The zero-order valence-corrected chi connectivity index (χ0v) is 11.8. The van der Waals surface area contributed by atoms with Gasteiger partial charge in [0.05, 0.1) is 5.52 Å². The van der Waals surface area contributed by atoms with Crippen LogP contribution in [0.3, 0.4) is 0 Å². The first-order chi connectivity index (χ1) is 10.0. The number of hydrogen-bond acceptors (Lipinski definition) is 4. The molecule has 108 valence electrons. The molecule has 0 unspecified atom stereocenters. The van der Waals surface area contributed by atoms with E-state index in [0.29, 0.717) is 24.5 Å². The number of nitrogens with two attached hydrogens (primary N) is 1. The molecule has 0 bridgehead atoms. The van der Waals surface area contributed by atoms with Gasteiger partial charge in [-0.15, -0.1) is 0 Å².